The van der Waals surface area contributed by atoms with Gasteiger partial charge in [0.05, 0.1) is 17.0 Å². The van der Waals surface area contributed by atoms with Crippen LogP contribution in [0.3, 0.4) is 0 Å². The van der Waals surface area contributed by atoms with Crippen molar-refractivity contribution < 1.29 is 9.18 Å². The number of Topliss-reactive ketones (excluding diaryl/α,β-unsaturated/α-hetero) is 1. The van der Waals surface area contributed by atoms with Gasteiger partial charge in [0.2, 0.25) is 5.16 Å². The van der Waals surface area contributed by atoms with Crippen molar-refractivity contribution in [2.45, 2.75) is 19.0 Å². The monoisotopic (exact) mass is 342 g/mol. The number of tetrazole rings is 1. The van der Waals surface area contributed by atoms with E-state index in [-0.39, 0.29) is 17.1 Å². The van der Waals surface area contributed by atoms with Crippen molar-refractivity contribution in [2.24, 2.45) is 0 Å². The lowest BCUT2D eigenvalue weighted by Crippen LogP contribution is -2.07. The molecule has 0 amide bonds. The Kier molecular flexibility index (Phi) is 4.71. The second-order valence-corrected chi connectivity index (χ2v) is 6.30. The zero-order chi connectivity index (χ0) is 17.1. The first-order chi connectivity index (χ1) is 11.6. The van der Waals surface area contributed by atoms with Crippen molar-refractivity contribution in [3.8, 4) is 5.69 Å². The average molecular weight is 342 g/mol. The fourth-order valence-corrected chi connectivity index (χ4v) is 3.13. The zero-order valence-electron chi connectivity index (χ0n) is 13.2. The van der Waals surface area contributed by atoms with Crippen molar-refractivity contribution in [3.63, 3.8) is 0 Å². The molecule has 0 atom stereocenters. The molecule has 0 aliphatic heterocycles. The van der Waals surface area contributed by atoms with E-state index in [1.54, 1.807) is 16.8 Å². The number of thioether (sulfide) groups is 1. The lowest BCUT2D eigenvalue weighted by atomic mass is 10.1. The number of aryl methyl sites for hydroxylation is 2. The van der Waals surface area contributed by atoms with E-state index in [1.807, 2.05) is 32.0 Å². The van der Waals surface area contributed by atoms with Crippen LogP contribution in [0.15, 0.2) is 47.6 Å². The SMILES string of the molecule is Cc1ccc(-n2nnnc2SCC(=O)c2ccccc2F)c(C)c1. The largest absolute Gasteiger partial charge is 0.293 e. The van der Waals surface area contributed by atoms with E-state index in [4.69, 9.17) is 0 Å². The van der Waals surface area contributed by atoms with Gasteiger partial charge in [-0.1, -0.05) is 41.6 Å². The molecule has 24 heavy (non-hydrogen) atoms. The molecule has 2 aromatic carbocycles. The standard InChI is InChI=1S/C17H15FN4OS/c1-11-7-8-15(12(2)9-11)22-17(19-20-21-22)24-10-16(23)13-5-3-4-6-14(13)18/h3-9H,10H2,1-2H3. The number of aromatic nitrogens is 4. The van der Waals surface area contributed by atoms with Crippen LogP contribution in [0.25, 0.3) is 5.69 Å². The summed E-state index contributed by atoms with van der Waals surface area (Å²) in [5.41, 5.74) is 3.11. The molecule has 0 aliphatic carbocycles. The summed E-state index contributed by atoms with van der Waals surface area (Å²) in [6, 6.07) is 11.9. The minimum absolute atomic E-state index is 0.0617. The smallest absolute Gasteiger partial charge is 0.214 e. The number of ketones is 1. The molecule has 3 aromatic rings. The van der Waals surface area contributed by atoms with Gasteiger partial charge < -0.3 is 0 Å². The van der Waals surface area contributed by atoms with Crippen LogP contribution in [0.4, 0.5) is 4.39 Å². The number of benzene rings is 2. The Hall–Kier alpha value is -2.54. The number of hydrogen-bond acceptors (Lipinski definition) is 5. The number of nitrogens with zero attached hydrogens (tertiary/aromatic N) is 4. The van der Waals surface area contributed by atoms with Crippen LogP contribution in [-0.2, 0) is 0 Å². The van der Waals surface area contributed by atoms with Gasteiger partial charge in [0.25, 0.3) is 0 Å². The Bertz CT molecular complexity index is 894. The zero-order valence-corrected chi connectivity index (χ0v) is 14.0. The van der Waals surface area contributed by atoms with Gasteiger partial charge in [-0.05, 0) is 48.0 Å². The molecular weight excluding hydrogens is 327 g/mol. The van der Waals surface area contributed by atoms with Crippen LogP contribution in [0.5, 0.6) is 0 Å². The predicted molar refractivity (Wildman–Crippen MR) is 90.1 cm³/mol. The van der Waals surface area contributed by atoms with Gasteiger partial charge in [0.15, 0.2) is 5.78 Å². The number of hydrogen-bond donors (Lipinski definition) is 0. The first-order valence-electron chi connectivity index (χ1n) is 7.33. The van der Waals surface area contributed by atoms with Crippen molar-refractivity contribution in [3.05, 3.63) is 65.0 Å². The third-order valence-corrected chi connectivity index (χ3v) is 4.45. The number of halogens is 1. The summed E-state index contributed by atoms with van der Waals surface area (Å²) in [7, 11) is 0. The molecule has 0 unspecified atom stereocenters. The Morgan fingerprint density at radius 2 is 2.00 bits per heavy atom. The number of rotatable bonds is 5. The Labute approximate surface area is 142 Å². The molecule has 0 spiro atoms. The molecule has 0 N–H and O–H groups in total. The lowest BCUT2D eigenvalue weighted by molar-refractivity contribution is 0.101. The van der Waals surface area contributed by atoms with E-state index >= 15 is 0 Å². The predicted octanol–water partition coefficient (Wildman–Crippen LogP) is 3.39. The molecule has 0 fully saturated rings. The highest BCUT2D eigenvalue weighted by Gasteiger charge is 2.16. The van der Waals surface area contributed by atoms with Crippen molar-refractivity contribution in [2.75, 3.05) is 5.75 Å². The van der Waals surface area contributed by atoms with Crippen LogP contribution in [-0.4, -0.2) is 31.7 Å². The molecule has 7 heteroatoms. The van der Waals surface area contributed by atoms with Gasteiger partial charge in [-0.15, -0.1) is 5.10 Å². The molecule has 0 saturated carbocycles. The molecule has 5 nitrogen and oxygen atoms in total. The molecular formula is C17H15FN4OS. The van der Waals surface area contributed by atoms with E-state index in [0.717, 1.165) is 16.8 Å². The normalized spacial score (nSPS) is 10.8. The van der Waals surface area contributed by atoms with Crippen LogP contribution >= 0.6 is 11.8 Å². The third kappa shape index (κ3) is 3.35. The van der Waals surface area contributed by atoms with Crippen LogP contribution in [0.2, 0.25) is 0 Å². The highest BCUT2D eigenvalue weighted by atomic mass is 32.2. The third-order valence-electron chi connectivity index (χ3n) is 3.53. The Morgan fingerprint density at radius 1 is 1.21 bits per heavy atom. The molecule has 1 heterocycles. The average Bonchev–Trinajstić information content (AvgIpc) is 3.01. The summed E-state index contributed by atoms with van der Waals surface area (Å²) in [4.78, 5) is 12.2. The topological polar surface area (TPSA) is 60.7 Å². The van der Waals surface area contributed by atoms with E-state index in [2.05, 4.69) is 15.5 Å². The van der Waals surface area contributed by atoms with Crippen molar-refractivity contribution in [1.29, 1.82) is 0 Å². The van der Waals surface area contributed by atoms with Gasteiger partial charge in [-0.3, -0.25) is 4.79 Å². The van der Waals surface area contributed by atoms with Gasteiger partial charge >= 0.3 is 0 Å². The highest BCUT2D eigenvalue weighted by molar-refractivity contribution is 7.99. The summed E-state index contributed by atoms with van der Waals surface area (Å²) in [6.45, 7) is 3.99. The first-order valence-corrected chi connectivity index (χ1v) is 8.31. The molecule has 3 rings (SSSR count). The Morgan fingerprint density at radius 3 is 2.75 bits per heavy atom. The summed E-state index contributed by atoms with van der Waals surface area (Å²) < 4.78 is 15.3. The quantitative estimate of drug-likeness (QED) is 0.525. The van der Waals surface area contributed by atoms with E-state index < -0.39 is 5.82 Å². The highest BCUT2D eigenvalue weighted by Crippen LogP contribution is 2.22. The fraction of sp³-hybridized carbons (Fsp3) is 0.176. The van der Waals surface area contributed by atoms with Gasteiger partial charge in [-0.2, -0.15) is 4.68 Å². The lowest BCUT2D eigenvalue weighted by Gasteiger charge is -2.08. The van der Waals surface area contributed by atoms with Gasteiger partial charge in [-0.25, -0.2) is 4.39 Å². The van der Waals surface area contributed by atoms with Crippen molar-refractivity contribution >= 4 is 17.5 Å². The van der Waals surface area contributed by atoms with Crippen LogP contribution < -0.4 is 0 Å². The molecule has 1 aromatic heterocycles. The van der Waals surface area contributed by atoms with Gasteiger partial charge in [0.1, 0.15) is 5.82 Å². The maximum absolute atomic E-state index is 13.7. The van der Waals surface area contributed by atoms with Crippen LogP contribution in [0, 0.1) is 19.7 Å². The maximum Gasteiger partial charge on any atom is 0.214 e. The molecule has 0 bridgehead atoms. The molecule has 122 valence electrons. The first kappa shape index (κ1) is 16.3. The molecule has 0 saturated heterocycles. The second-order valence-electron chi connectivity index (χ2n) is 5.35. The molecule has 0 aliphatic rings. The number of carbonyl (C=O) groups excluding carboxylic acids is 1. The fourth-order valence-electron chi connectivity index (χ4n) is 2.36. The minimum atomic E-state index is -0.517. The summed E-state index contributed by atoms with van der Waals surface area (Å²) in [6.07, 6.45) is 0. The van der Waals surface area contributed by atoms with E-state index in [1.165, 1.54) is 23.9 Å². The summed E-state index contributed by atoms with van der Waals surface area (Å²) in [5.74, 6) is -0.753. The van der Waals surface area contributed by atoms with Crippen LogP contribution in [0.1, 0.15) is 21.5 Å². The Balaban J connectivity index is 1.79. The second kappa shape index (κ2) is 6.92. The summed E-state index contributed by atoms with van der Waals surface area (Å²) >= 11 is 1.18. The maximum atomic E-state index is 13.7. The minimum Gasteiger partial charge on any atom is -0.293 e. The molecule has 0 radical (unpaired) electrons. The van der Waals surface area contributed by atoms with E-state index in [0.29, 0.717) is 5.16 Å². The summed E-state index contributed by atoms with van der Waals surface area (Å²) in [5, 5.41) is 12.1. The number of carbonyl (C=O) groups is 1. The van der Waals surface area contributed by atoms with E-state index in [9.17, 15) is 9.18 Å². The van der Waals surface area contributed by atoms with Gasteiger partial charge in [0, 0.05) is 0 Å². The van der Waals surface area contributed by atoms with Crippen molar-refractivity contribution in [1.82, 2.24) is 20.2 Å².